The monoisotopic (exact) mass is 359 g/mol. The quantitative estimate of drug-likeness (QED) is 0.865. The smallest absolute Gasteiger partial charge is 0.223 e. The van der Waals surface area contributed by atoms with Crippen LogP contribution in [0.15, 0.2) is 0 Å². The van der Waals surface area contributed by atoms with E-state index in [1.165, 1.54) is 38.5 Å². The van der Waals surface area contributed by atoms with Gasteiger partial charge in [0, 0.05) is 24.9 Å². The van der Waals surface area contributed by atoms with Crippen molar-refractivity contribution in [1.29, 1.82) is 0 Å². The molecule has 6 heteroatoms. The standard InChI is InChI=1S/C20H33N5O/c1-2-16(19-24-23-17-9-4-3-5-10-25(17)19)22-20(26)15-11-13-7-6-8-14(12-15)18(13)21/h13-16,18H,2-12,21H2,1H3,(H,22,26). The number of hydrogen-bond donors (Lipinski definition) is 2. The van der Waals surface area contributed by atoms with E-state index in [1.54, 1.807) is 0 Å². The Morgan fingerprint density at radius 3 is 2.69 bits per heavy atom. The molecule has 3 atom stereocenters. The molecule has 1 aromatic rings. The fourth-order valence-electron chi connectivity index (χ4n) is 5.41. The fourth-order valence-corrected chi connectivity index (χ4v) is 5.41. The SMILES string of the molecule is CCC(NC(=O)C1CC2CCCC(C1)C2N)c1nnc2n1CCCCC2. The Kier molecular flexibility index (Phi) is 5.30. The van der Waals surface area contributed by atoms with E-state index in [4.69, 9.17) is 5.73 Å². The second-order valence-corrected chi connectivity index (χ2v) is 8.60. The zero-order chi connectivity index (χ0) is 18.1. The van der Waals surface area contributed by atoms with Crippen molar-refractivity contribution in [1.82, 2.24) is 20.1 Å². The number of carbonyl (C=O) groups excluding carboxylic acids is 1. The van der Waals surface area contributed by atoms with Crippen LogP contribution in [0.2, 0.25) is 0 Å². The van der Waals surface area contributed by atoms with E-state index in [2.05, 4.69) is 27.0 Å². The Labute approximate surface area is 156 Å². The third-order valence-electron chi connectivity index (χ3n) is 6.96. The van der Waals surface area contributed by atoms with Gasteiger partial charge >= 0.3 is 0 Å². The summed E-state index contributed by atoms with van der Waals surface area (Å²) in [7, 11) is 0. The number of nitrogens with one attached hydrogen (secondary N) is 1. The minimum atomic E-state index is -0.0303. The molecule has 1 aromatic heterocycles. The summed E-state index contributed by atoms with van der Waals surface area (Å²) in [4.78, 5) is 13.0. The van der Waals surface area contributed by atoms with E-state index in [9.17, 15) is 4.79 Å². The van der Waals surface area contributed by atoms with Crippen molar-refractivity contribution in [3.63, 3.8) is 0 Å². The number of aryl methyl sites for hydroxylation is 1. The van der Waals surface area contributed by atoms with Crippen LogP contribution in [0.5, 0.6) is 0 Å². The van der Waals surface area contributed by atoms with E-state index in [1.807, 2.05) is 0 Å². The second kappa shape index (κ2) is 7.67. The summed E-state index contributed by atoms with van der Waals surface area (Å²) in [6, 6.07) is 0.277. The third kappa shape index (κ3) is 3.40. The molecular formula is C20H33N5O. The number of amides is 1. The molecule has 1 aliphatic heterocycles. The summed E-state index contributed by atoms with van der Waals surface area (Å²) in [6.07, 6.45) is 11.0. The van der Waals surface area contributed by atoms with E-state index < -0.39 is 0 Å². The van der Waals surface area contributed by atoms with Crippen molar-refractivity contribution in [3.8, 4) is 0 Å². The van der Waals surface area contributed by atoms with Crippen LogP contribution >= 0.6 is 0 Å². The van der Waals surface area contributed by atoms with Gasteiger partial charge in [-0.25, -0.2) is 0 Å². The lowest BCUT2D eigenvalue weighted by Crippen LogP contribution is -2.49. The van der Waals surface area contributed by atoms with Crippen molar-refractivity contribution in [2.45, 2.75) is 89.8 Å². The number of rotatable bonds is 4. The molecule has 3 unspecified atom stereocenters. The van der Waals surface area contributed by atoms with Gasteiger partial charge in [-0.15, -0.1) is 10.2 Å². The number of fused-ring (bicyclic) bond motifs is 3. The van der Waals surface area contributed by atoms with Gasteiger partial charge in [-0.2, -0.15) is 0 Å². The number of nitrogens with two attached hydrogens (primary N) is 1. The maximum atomic E-state index is 13.0. The Hall–Kier alpha value is -1.43. The topological polar surface area (TPSA) is 85.8 Å². The van der Waals surface area contributed by atoms with Crippen LogP contribution in [0.3, 0.4) is 0 Å². The van der Waals surface area contributed by atoms with Gasteiger partial charge in [0.25, 0.3) is 0 Å². The minimum Gasteiger partial charge on any atom is -0.346 e. The zero-order valence-corrected chi connectivity index (χ0v) is 16.0. The number of aromatic nitrogens is 3. The highest BCUT2D eigenvalue weighted by molar-refractivity contribution is 5.79. The van der Waals surface area contributed by atoms with Crippen molar-refractivity contribution in [2.24, 2.45) is 23.5 Å². The van der Waals surface area contributed by atoms with E-state index in [-0.39, 0.29) is 17.9 Å². The molecule has 2 aliphatic carbocycles. The predicted molar refractivity (Wildman–Crippen MR) is 100 cm³/mol. The van der Waals surface area contributed by atoms with Gasteiger partial charge in [0.1, 0.15) is 5.82 Å². The first-order valence-corrected chi connectivity index (χ1v) is 10.6. The van der Waals surface area contributed by atoms with Crippen LogP contribution in [0.25, 0.3) is 0 Å². The molecular weight excluding hydrogens is 326 g/mol. The van der Waals surface area contributed by atoms with E-state index >= 15 is 0 Å². The first-order chi connectivity index (χ1) is 12.7. The lowest BCUT2D eigenvalue weighted by atomic mass is 9.65. The summed E-state index contributed by atoms with van der Waals surface area (Å²) in [6.45, 7) is 3.10. The molecule has 2 fully saturated rings. The maximum absolute atomic E-state index is 13.0. The van der Waals surface area contributed by atoms with Crippen molar-refractivity contribution >= 4 is 5.91 Å². The van der Waals surface area contributed by atoms with Crippen LogP contribution in [0.1, 0.15) is 82.4 Å². The minimum absolute atomic E-state index is 0.0303. The Bertz CT molecular complexity index is 628. The lowest BCUT2D eigenvalue weighted by Gasteiger charge is -2.43. The number of nitrogens with zero attached hydrogens (tertiary/aromatic N) is 3. The Morgan fingerprint density at radius 2 is 1.96 bits per heavy atom. The average molecular weight is 360 g/mol. The van der Waals surface area contributed by atoms with Crippen molar-refractivity contribution in [3.05, 3.63) is 11.6 Å². The second-order valence-electron chi connectivity index (χ2n) is 8.60. The van der Waals surface area contributed by atoms with Gasteiger partial charge in [-0.05, 0) is 56.8 Å². The van der Waals surface area contributed by atoms with Crippen LogP contribution in [0, 0.1) is 17.8 Å². The summed E-state index contributed by atoms with van der Waals surface area (Å²) in [5, 5.41) is 12.2. The maximum Gasteiger partial charge on any atom is 0.223 e. The molecule has 4 rings (SSSR count). The molecule has 26 heavy (non-hydrogen) atoms. The first-order valence-electron chi connectivity index (χ1n) is 10.6. The van der Waals surface area contributed by atoms with Gasteiger partial charge in [0.2, 0.25) is 5.91 Å². The molecule has 0 radical (unpaired) electrons. The summed E-state index contributed by atoms with van der Waals surface area (Å²) >= 11 is 0. The van der Waals surface area contributed by atoms with Crippen LogP contribution in [-0.2, 0) is 17.8 Å². The average Bonchev–Trinajstić information content (AvgIpc) is 2.87. The fraction of sp³-hybridized carbons (Fsp3) is 0.850. The largest absolute Gasteiger partial charge is 0.346 e. The summed E-state index contributed by atoms with van der Waals surface area (Å²) in [5.41, 5.74) is 6.39. The molecule has 0 aromatic carbocycles. The normalized spacial score (nSPS) is 32.4. The molecule has 3 aliphatic rings. The van der Waals surface area contributed by atoms with Gasteiger partial charge in [-0.3, -0.25) is 4.79 Å². The molecule has 144 valence electrons. The molecule has 6 nitrogen and oxygen atoms in total. The number of carbonyl (C=O) groups is 1. The van der Waals surface area contributed by atoms with Gasteiger partial charge < -0.3 is 15.6 Å². The van der Waals surface area contributed by atoms with Crippen molar-refractivity contribution < 1.29 is 4.79 Å². The first kappa shape index (κ1) is 18.0. The highest BCUT2D eigenvalue weighted by atomic mass is 16.2. The van der Waals surface area contributed by atoms with Gasteiger partial charge in [0.15, 0.2) is 5.82 Å². The van der Waals surface area contributed by atoms with Gasteiger partial charge in [0.05, 0.1) is 6.04 Å². The van der Waals surface area contributed by atoms with E-state index in [0.29, 0.717) is 17.9 Å². The Balaban J connectivity index is 1.45. The van der Waals surface area contributed by atoms with Crippen LogP contribution < -0.4 is 11.1 Å². The molecule has 3 N–H and O–H groups in total. The highest BCUT2D eigenvalue weighted by Crippen LogP contribution is 2.42. The molecule has 0 spiro atoms. The molecule has 2 heterocycles. The highest BCUT2D eigenvalue weighted by Gasteiger charge is 2.41. The summed E-state index contributed by atoms with van der Waals surface area (Å²) in [5.74, 6) is 3.41. The molecule has 1 amide bonds. The molecule has 0 saturated heterocycles. The van der Waals surface area contributed by atoms with Crippen molar-refractivity contribution in [2.75, 3.05) is 0 Å². The number of hydrogen-bond acceptors (Lipinski definition) is 4. The zero-order valence-electron chi connectivity index (χ0n) is 16.0. The van der Waals surface area contributed by atoms with Crippen LogP contribution in [-0.4, -0.2) is 26.7 Å². The third-order valence-corrected chi connectivity index (χ3v) is 6.96. The lowest BCUT2D eigenvalue weighted by molar-refractivity contribution is -0.128. The summed E-state index contributed by atoms with van der Waals surface area (Å²) < 4.78 is 2.26. The molecule has 2 saturated carbocycles. The van der Waals surface area contributed by atoms with Crippen LogP contribution in [0.4, 0.5) is 0 Å². The Morgan fingerprint density at radius 1 is 1.19 bits per heavy atom. The van der Waals surface area contributed by atoms with E-state index in [0.717, 1.165) is 43.9 Å². The molecule has 2 bridgehead atoms. The van der Waals surface area contributed by atoms with Gasteiger partial charge in [-0.1, -0.05) is 19.8 Å². The predicted octanol–water partition coefficient (Wildman–Crippen LogP) is 2.73.